The van der Waals surface area contributed by atoms with Crippen LogP contribution in [-0.2, 0) is 0 Å². The highest BCUT2D eigenvalue weighted by atomic mass is 35.5. The predicted molar refractivity (Wildman–Crippen MR) is 91.7 cm³/mol. The van der Waals surface area contributed by atoms with Crippen molar-refractivity contribution in [3.05, 3.63) is 79.0 Å². The van der Waals surface area contributed by atoms with Crippen molar-refractivity contribution in [2.24, 2.45) is 0 Å². The summed E-state index contributed by atoms with van der Waals surface area (Å²) in [7, 11) is 0. The van der Waals surface area contributed by atoms with Gasteiger partial charge in [-0.1, -0.05) is 23.2 Å². The van der Waals surface area contributed by atoms with Crippen molar-refractivity contribution >= 4 is 23.2 Å². The third-order valence-electron chi connectivity index (χ3n) is 3.21. The molecule has 1 N–H and O–H groups in total. The average Bonchev–Trinajstić information content (AvgIpc) is 2.52. The molecule has 3 rings (SSSR count). The summed E-state index contributed by atoms with van der Waals surface area (Å²) >= 11 is 12.1. The smallest absolute Gasteiger partial charge is 0.349 e. The van der Waals surface area contributed by atoms with Crippen LogP contribution in [0.4, 0.5) is 0 Å². The van der Waals surface area contributed by atoms with Crippen LogP contribution in [-0.4, -0.2) is 14.8 Å². The summed E-state index contributed by atoms with van der Waals surface area (Å²) in [5, 5.41) is 4.71. The van der Waals surface area contributed by atoms with Crippen LogP contribution in [0.5, 0.6) is 11.5 Å². The summed E-state index contributed by atoms with van der Waals surface area (Å²) in [5.41, 5.74) is -0.0966. The van der Waals surface area contributed by atoms with Crippen molar-refractivity contribution in [2.45, 2.75) is 6.92 Å². The topological polar surface area (TPSA) is 77.0 Å². The number of benzene rings is 2. The van der Waals surface area contributed by atoms with Crippen LogP contribution in [0.2, 0.25) is 10.0 Å². The number of rotatable bonds is 3. The fraction of sp³-hybridized carbons (Fsp3) is 0.0625. The predicted octanol–water partition coefficient (Wildman–Crippen LogP) is 3.33. The number of aromatic nitrogens is 3. The summed E-state index contributed by atoms with van der Waals surface area (Å²) in [6, 6.07) is 10.1. The molecule has 3 aromatic rings. The zero-order chi connectivity index (χ0) is 17.3. The Morgan fingerprint density at radius 3 is 2.46 bits per heavy atom. The average molecular weight is 364 g/mol. The standard InChI is InChI=1S/C16H11Cl2N3O3/c1-9-6-11(21-16(23)20-14(22)8-19-21)7-13(18)15(9)24-12-4-2-10(17)3-5-12/h2-8H,1H3,(H,20,22,23). The molecule has 0 atom stereocenters. The lowest BCUT2D eigenvalue weighted by Gasteiger charge is -2.13. The van der Waals surface area contributed by atoms with Gasteiger partial charge in [-0.3, -0.25) is 9.78 Å². The molecule has 2 aromatic carbocycles. The van der Waals surface area contributed by atoms with Gasteiger partial charge in [0.25, 0.3) is 5.56 Å². The first kappa shape index (κ1) is 16.3. The molecule has 0 bridgehead atoms. The van der Waals surface area contributed by atoms with Gasteiger partial charge in [0.2, 0.25) is 0 Å². The number of aromatic amines is 1. The number of H-pyrrole nitrogens is 1. The first-order valence-electron chi connectivity index (χ1n) is 6.86. The lowest BCUT2D eigenvalue weighted by Crippen LogP contribution is -2.30. The molecule has 0 spiro atoms. The molecule has 1 aromatic heterocycles. The van der Waals surface area contributed by atoms with E-state index in [0.29, 0.717) is 32.8 Å². The molecule has 0 amide bonds. The van der Waals surface area contributed by atoms with Crippen LogP contribution in [0.15, 0.2) is 52.2 Å². The fourth-order valence-electron chi connectivity index (χ4n) is 2.12. The number of ether oxygens (including phenoxy) is 1. The van der Waals surface area contributed by atoms with E-state index in [1.165, 1.54) is 6.07 Å². The molecule has 0 radical (unpaired) electrons. The van der Waals surface area contributed by atoms with E-state index >= 15 is 0 Å². The highest BCUT2D eigenvalue weighted by Crippen LogP contribution is 2.34. The highest BCUT2D eigenvalue weighted by molar-refractivity contribution is 6.32. The Kier molecular flexibility index (Phi) is 4.42. The summed E-state index contributed by atoms with van der Waals surface area (Å²) < 4.78 is 6.83. The van der Waals surface area contributed by atoms with E-state index in [0.717, 1.165) is 10.9 Å². The number of halogens is 2. The quantitative estimate of drug-likeness (QED) is 0.774. The van der Waals surface area contributed by atoms with E-state index in [9.17, 15) is 9.59 Å². The van der Waals surface area contributed by atoms with Crippen LogP contribution in [0.3, 0.4) is 0 Å². The second-order valence-corrected chi connectivity index (χ2v) is 5.82. The Labute approximate surface area is 146 Å². The Hall–Kier alpha value is -2.57. The third kappa shape index (κ3) is 3.34. The van der Waals surface area contributed by atoms with E-state index in [1.807, 2.05) is 0 Å². The molecular weight excluding hydrogens is 353 g/mol. The highest BCUT2D eigenvalue weighted by Gasteiger charge is 2.12. The molecule has 0 aliphatic rings. The molecule has 0 unspecified atom stereocenters. The Bertz CT molecular complexity index is 987. The lowest BCUT2D eigenvalue weighted by molar-refractivity contribution is 0.479. The van der Waals surface area contributed by atoms with E-state index < -0.39 is 11.2 Å². The Morgan fingerprint density at radius 2 is 1.83 bits per heavy atom. The van der Waals surface area contributed by atoms with Crippen LogP contribution < -0.4 is 16.0 Å². The van der Waals surface area contributed by atoms with Gasteiger partial charge in [-0.2, -0.15) is 9.78 Å². The van der Waals surface area contributed by atoms with Gasteiger partial charge in [-0.25, -0.2) is 4.79 Å². The first-order chi connectivity index (χ1) is 11.4. The van der Waals surface area contributed by atoms with Crippen molar-refractivity contribution < 1.29 is 4.74 Å². The molecule has 0 saturated carbocycles. The van der Waals surface area contributed by atoms with E-state index in [2.05, 4.69) is 10.1 Å². The van der Waals surface area contributed by atoms with Crippen molar-refractivity contribution in [2.75, 3.05) is 0 Å². The van der Waals surface area contributed by atoms with Crippen LogP contribution in [0, 0.1) is 6.92 Å². The molecule has 24 heavy (non-hydrogen) atoms. The lowest BCUT2D eigenvalue weighted by atomic mass is 10.2. The number of nitrogens with zero attached hydrogens (tertiary/aromatic N) is 2. The summed E-state index contributed by atoms with van der Waals surface area (Å²) in [4.78, 5) is 25.1. The Morgan fingerprint density at radius 1 is 1.12 bits per heavy atom. The van der Waals surface area contributed by atoms with Gasteiger partial charge in [0, 0.05) is 5.02 Å². The van der Waals surface area contributed by atoms with Crippen molar-refractivity contribution in [1.82, 2.24) is 14.8 Å². The molecule has 0 aliphatic heterocycles. The maximum Gasteiger partial charge on any atom is 0.349 e. The molecule has 0 fully saturated rings. The van der Waals surface area contributed by atoms with Gasteiger partial charge in [0.1, 0.15) is 17.7 Å². The largest absolute Gasteiger partial charge is 0.456 e. The van der Waals surface area contributed by atoms with Gasteiger partial charge in [-0.05, 0) is 48.9 Å². The Balaban J connectivity index is 2.01. The second-order valence-electron chi connectivity index (χ2n) is 4.98. The van der Waals surface area contributed by atoms with Crippen molar-refractivity contribution in [3.63, 3.8) is 0 Å². The summed E-state index contributed by atoms with van der Waals surface area (Å²) in [6.45, 7) is 1.79. The van der Waals surface area contributed by atoms with Crippen LogP contribution in [0.1, 0.15) is 5.56 Å². The molecule has 6 nitrogen and oxygen atoms in total. The number of nitrogens with one attached hydrogen (secondary N) is 1. The SMILES string of the molecule is Cc1cc(-n2ncc(=O)[nH]c2=O)cc(Cl)c1Oc1ccc(Cl)cc1. The molecular formula is C16H11Cl2N3O3. The normalized spacial score (nSPS) is 10.6. The number of aryl methyl sites for hydroxylation is 1. The second kappa shape index (κ2) is 6.51. The maximum atomic E-state index is 11.8. The van der Waals surface area contributed by atoms with Crippen LogP contribution in [0.25, 0.3) is 5.69 Å². The minimum atomic E-state index is -0.649. The fourth-order valence-corrected chi connectivity index (χ4v) is 2.55. The summed E-state index contributed by atoms with van der Waals surface area (Å²) in [6.07, 6.45) is 1.02. The maximum absolute atomic E-state index is 11.8. The van der Waals surface area contributed by atoms with Crippen molar-refractivity contribution in [1.29, 1.82) is 0 Å². The van der Waals surface area contributed by atoms with Crippen molar-refractivity contribution in [3.8, 4) is 17.2 Å². The van der Waals surface area contributed by atoms with Gasteiger partial charge in [-0.15, -0.1) is 0 Å². The van der Waals surface area contributed by atoms with Gasteiger partial charge in [0.05, 0.1) is 10.7 Å². The zero-order valence-electron chi connectivity index (χ0n) is 12.4. The summed E-state index contributed by atoms with van der Waals surface area (Å²) in [5.74, 6) is 1.04. The zero-order valence-corrected chi connectivity index (χ0v) is 13.9. The molecule has 0 aliphatic carbocycles. The van der Waals surface area contributed by atoms with E-state index in [4.69, 9.17) is 27.9 Å². The minimum Gasteiger partial charge on any atom is -0.456 e. The third-order valence-corrected chi connectivity index (χ3v) is 3.74. The molecule has 1 heterocycles. The molecule has 122 valence electrons. The van der Waals surface area contributed by atoms with Gasteiger partial charge < -0.3 is 4.74 Å². The number of hydrogen-bond donors (Lipinski definition) is 1. The van der Waals surface area contributed by atoms with E-state index in [-0.39, 0.29) is 0 Å². The van der Waals surface area contributed by atoms with Crippen LogP contribution >= 0.6 is 23.2 Å². The number of hydrogen-bond acceptors (Lipinski definition) is 4. The molecule has 8 heteroatoms. The first-order valence-corrected chi connectivity index (χ1v) is 7.62. The monoisotopic (exact) mass is 363 g/mol. The minimum absolute atomic E-state index is 0.305. The van der Waals surface area contributed by atoms with E-state index in [1.54, 1.807) is 37.3 Å². The van der Waals surface area contributed by atoms with Gasteiger partial charge >= 0.3 is 5.69 Å². The van der Waals surface area contributed by atoms with Gasteiger partial charge in [0.15, 0.2) is 0 Å². The molecule has 0 saturated heterocycles.